The molecule has 0 aromatic heterocycles. The lowest BCUT2D eigenvalue weighted by molar-refractivity contribution is -0.163. The molecule has 5 heteroatoms. The molecular formula is C25H41NO3Si. The van der Waals surface area contributed by atoms with Crippen LogP contribution in [0.15, 0.2) is 0 Å². The number of rotatable bonds is 3. The number of ether oxygens (including phenoxy) is 1. The summed E-state index contributed by atoms with van der Waals surface area (Å²) in [6, 6.07) is 2.72. The maximum atomic E-state index is 11.5. The summed E-state index contributed by atoms with van der Waals surface area (Å²) < 4.78 is 12.3. The summed E-state index contributed by atoms with van der Waals surface area (Å²) in [5.74, 6) is 2.61. The third-order valence-electron chi connectivity index (χ3n) is 9.73. The largest absolute Gasteiger partial charge is 0.463 e. The van der Waals surface area contributed by atoms with E-state index in [0.717, 1.165) is 43.9 Å². The normalized spacial score (nSPS) is 48.1. The standard InChI is InChI=1S/C25H41NO3Si/c1-17(27)28-19-9-12-23(2)18(15-19)7-8-20-21(23)10-13-24(3)22(20)11-14-25(24,16-26)29-30(4,5)6/h18-22H,7-15H2,1-6H3/t18-,19-,20-,21-,22-,23+,24+,25+/m1/s1. The van der Waals surface area contributed by atoms with Gasteiger partial charge >= 0.3 is 5.97 Å². The zero-order valence-corrected chi connectivity index (χ0v) is 20.9. The zero-order valence-electron chi connectivity index (χ0n) is 19.9. The van der Waals surface area contributed by atoms with Crippen LogP contribution in [-0.2, 0) is 14.0 Å². The van der Waals surface area contributed by atoms with Gasteiger partial charge in [0.2, 0.25) is 0 Å². The van der Waals surface area contributed by atoms with Crippen molar-refractivity contribution in [2.75, 3.05) is 0 Å². The highest BCUT2D eigenvalue weighted by atomic mass is 28.4. The summed E-state index contributed by atoms with van der Waals surface area (Å²) in [7, 11) is -1.81. The van der Waals surface area contributed by atoms with Gasteiger partial charge in [0.1, 0.15) is 11.7 Å². The topological polar surface area (TPSA) is 59.3 Å². The van der Waals surface area contributed by atoms with E-state index in [1.807, 2.05) is 0 Å². The van der Waals surface area contributed by atoms with Gasteiger partial charge in [0.15, 0.2) is 8.32 Å². The monoisotopic (exact) mass is 431 g/mol. The molecular weight excluding hydrogens is 390 g/mol. The summed E-state index contributed by atoms with van der Waals surface area (Å²) in [4.78, 5) is 11.5. The minimum atomic E-state index is -1.81. The average molecular weight is 432 g/mol. The van der Waals surface area contributed by atoms with E-state index in [-0.39, 0.29) is 17.5 Å². The van der Waals surface area contributed by atoms with Crippen LogP contribution in [0.2, 0.25) is 19.6 Å². The first-order valence-electron chi connectivity index (χ1n) is 12.2. The van der Waals surface area contributed by atoms with Crippen LogP contribution in [0.25, 0.3) is 0 Å². The molecule has 4 fully saturated rings. The Bertz CT molecular complexity index is 742. The molecule has 4 nitrogen and oxygen atoms in total. The highest BCUT2D eigenvalue weighted by molar-refractivity contribution is 6.69. The summed E-state index contributed by atoms with van der Waals surface area (Å²) in [6.45, 7) is 13.1. The Labute approximate surface area is 184 Å². The third kappa shape index (κ3) is 3.37. The van der Waals surface area contributed by atoms with Crippen molar-refractivity contribution in [2.45, 2.75) is 110 Å². The number of fused-ring (bicyclic) bond motifs is 5. The van der Waals surface area contributed by atoms with Crippen molar-refractivity contribution in [3.05, 3.63) is 0 Å². The number of nitriles is 1. The van der Waals surface area contributed by atoms with E-state index >= 15 is 0 Å². The van der Waals surface area contributed by atoms with Crippen LogP contribution in [-0.4, -0.2) is 26.0 Å². The molecule has 4 rings (SSSR count). The number of esters is 1. The van der Waals surface area contributed by atoms with Gasteiger partial charge in [-0.2, -0.15) is 5.26 Å². The van der Waals surface area contributed by atoms with E-state index in [4.69, 9.17) is 9.16 Å². The van der Waals surface area contributed by atoms with Crippen molar-refractivity contribution < 1.29 is 14.0 Å². The van der Waals surface area contributed by atoms with Crippen molar-refractivity contribution >= 4 is 14.3 Å². The first-order valence-corrected chi connectivity index (χ1v) is 15.6. The van der Waals surface area contributed by atoms with Crippen molar-refractivity contribution in [3.63, 3.8) is 0 Å². The second kappa shape index (κ2) is 7.34. The van der Waals surface area contributed by atoms with Crippen LogP contribution in [0.5, 0.6) is 0 Å². The SMILES string of the molecule is CC(=O)O[C@@H]1CC[C@@]2(C)[C@H](CC[C@@H]3[C@H]2CC[C@@]2(C)[C@@H]3CC[C@@]2(C#N)O[Si](C)(C)C)C1. The van der Waals surface area contributed by atoms with Crippen LogP contribution < -0.4 is 0 Å². The fraction of sp³-hybridized carbons (Fsp3) is 0.920. The van der Waals surface area contributed by atoms with E-state index in [1.165, 1.54) is 32.6 Å². The number of carbonyl (C=O) groups excluding carboxylic acids is 1. The first-order chi connectivity index (χ1) is 13.9. The number of nitrogens with zero attached hydrogens (tertiary/aromatic N) is 1. The van der Waals surface area contributed by atoms with Gasteiger partial charge in [-0.1, -0.05) is 13.8 Å². The highest BCUT2D eigenvalue weighted by Crippen LogP contribution is 2.69. The quantitative estimate of drug-likeness (QED) is 0.402. The first kappa shape index (κ1) is 22.3. The smallest absolute Gasteiger partial charge is 0.302 e. The molecule has 0 spiro atoms. The molecule has 0 heterocycles. The second-order valence-electron chi connectivity index (χ2n) is 12.3. The van der Waals surface area contributed by atoms with Crippen molar-refractivity contribution in [1.29, 1.82) is 5.26 Å². The van der Waals surface area contributed by atoms with E-state index in [1.54, 1.807) is 0 Å². The molecule has 4 aliphatic carbocycles. The molecule has 168 valence electrons. The van der Waals surface area contributed by atoms with Gasteiger partial charge in [0.25, 0.3) is 0 Å². The molecule has 0 N–H and O–H groups in total. The maximum absolute atomic E-state index is 11.5. The average Bonchev–Trinajstić information content (AvgIpc) is 2.93. The second-order valence-corrected chi connectivity index (χ2v) is 16.7. The number of carbonyl (C=O) groups is 1. The molecule has 0 amide bonds. The van der Waals surface area contributed by atoms with Gasteiger partial charge in [-0.3, -0.25) is 4.79 Å². The summed E-state index contributed by atoms with van der Waals surface area (Å²) in [5, 5.41) is 10.3. The Kier molecular flexibility index (Phi) is 5.46. The molecule has 30 heavy (non-hydrogen) atoms. The Hall–Kier alpha value is -0.863. The minimum absolute atomic E-state index is 0.0126. The lowest BCUT2D eigenvalue weighted by Crippen LogP contribution is -2.58. The fourth-order valence-electron chi connectivity index (χ4n) is 8.46. The lowest BCUT2D eigenvalue weighted by atomic mass is 9.44. The minimum Gasteiger partial charge on any atom is -0.463 e. The highest BCUT2D eigenvalue weighted by Gasteiger charge is 2.66. The Morgan fingerprint density at radius 2 is 1.70 bits per heavy atom. The summed E-state index contributed by atoms with van der Waals surface area (Å²) in [5.41, 5.74) is -0.238. The summed E-state index contributed by atoms with van der Waals surface area (Å²) in [6.07, 6.45) is 10.3. The fourth-order valence-corrected chi connectivity index (χ4v) is 9.88. The maximum Gasteiger partial charge on any atom is 0.302 e. The number of hydrogen-bond acceptors (Lipinski definition) is 4. The van der Waals surface area contributed by atoms with Gasteiger partial charge < -0.3 is 9.16 Å². The molecule has 0 unspecified atom stereocenters. The van der Waals surface area contributed by atoms with Gasteiger partial charge in [0.05, 0.1) is 6.07 Å². The Balaban J connectivity index is 1.57. The molecule has 0 saturated heterocycles. The van der Waals surface area contributed by atoms with Crippen LogP contribution in [0.1, 0.15) is 78.6 Å². The van der Waals surface area contributed by atoms with Crippen LogP contribution >= 0.6 is 0 Å². The number of hydrogen-bond donors (Lipinski definition) is 0. The van der Waals surface area contributed by atoms with E-state index < -0.39 is 13.9 Å². The molecule has 8 atom stereocenters. The van der Waals surface area contributed by atoms with Gasteiger partial charge in [-0.15, -0.1) is 0 Å². The molecule has 4 aliphatic rings. The van der Waals surface area contributed by atoms with Crippen LogP contribution in [0, 0.1) is 45.8 Å². The Morgan fingerprint density at radius 3 is 2.33 bits per heavy atom. The van der Waals surface area contributed by atoms with Crippen molar-refractivity contribution in [2.24, 2.45) is 34.5 Å². The molecule has 0 aromatic carbocycles. The van der Waals surface area contributed by atoms with E-state index in [2.05, 4.69) is 39.6 Å². The van der Waals surface area contributed by atoms with Crippen molar-refractivity contribution in [3.8, 4) is 6.07 Å². The van der Waals surface area contributed by atoms with Crippen molar-refractivity contribution in [1.82, 2.24) is 0 Å². The van der Waals surface area contributed by atoms with Gasteiger partial charge in [-0.05, 0) is 107 Å². The summed E-state index contributed by atoms with van der Waals surface area (Å²) >= 11 is 0. The van der Waals surface area contributed by atoms with Crippen LogP contribution in [0.4, 0.5) is 0 Å². The molecule has 0 aliphatic heterocycles. The van der Waals surface area contributed by atoms with Gasteiger partial charge in [0, 0.05) is 12.3 Å². The van der Waals surface area contributed by atoms with E-state index in [0.29, 0.717) is 17.3 Å². The van der Waals surface area contributed by atoms with E-state index in [9.17, 15) is 10.1 Å². The lowest BCUT2D eigenvalue weighted by Gasteiger charge is -2.61. The van der Waals surface area contributed by atoms with Gasteiger partial charge in [-0.25, -0.2) is 0 Å². The zero-order chi connectivity index (χ0) is 21.9. The molecule has 0 aromatic rings. The predicted molar refractivity (Wildman–Crippen MR) is 120 cm³/mol. The molecule has 0 bridgehead atoms. The molecule has 4 saturated carbocycles. The third-order valence-corrected chi connectivity index (χ3v) is 10.7. The van der Waals surface area contributed by atoms with Crippen LogP contribution in [0.3, 0.4) is 0 Å². The predicted octanol–water partition coefficient (Wildman–Crippen LogP) is 6.07. The molecule has 0 radical (unpaired) electrons. The Morgan fingerprint density at radius 1 is 1.00 bits per heavy atom.